The van der Waals surface area contributed by atoms with Crippen molar-refractivity contribution in [2.45, 2.75) is 25.9 Å². The smallest absolute Gasteiger partial charge is 0.304 e. The van der Waals surface area contributed by atoms with Crippen molar-refractivity contribution >= 4 is 18.0 Å². The minimum atomic E-state index is -0.819. The molecule has 1 aliphatic heterocycles. The molecule has 0 bridgehead atoms. The van der Waals surface area contributed by atoms with E-state index in [4.69, 9.17) is 0 Å². The van der Waals surface area contributed by atoms with E-state index in [1.807, 2.05) is 68.6 Å². The molecule has 6 heteroatoms. The largest absolute Gasteiger partial charge is 0.334 e. The van der Waals surface area contributed by atoms with Gasteiger partial charge < -0.3 is 5.32 Å². The lowest BCUT2D eigenvalue weighted by Gasteiger charge is -2.15. The van der Waals surface area contributed by atoms with E-state index >= 15 is 0 Å². The number of hydrazine groups is 1. The van der Waals surface area contributed by atoms with E-state index in [1.54, 1.807) is 4.68 Å². The average Bonchev–Trinajstić information content (AvgIpc) is 3.05. The molecular formula is C25H23FN3O2+. The van der Waals surface area contributed by atoms with Crippen molar-refractivity contribution in [1.82, 2.24) is 10.7 Å². The molecule has 1 heterocycles. The Bertz CT molecular complexity index is 1150. The second kappa shape index (κ2) is 8.52. The lowest BCUT2D eigenvalue weighted by Crippen LogP contribution is -2.42. The fourth-order valence-electron chi connectivity index (χ4n) is 3.65. The van der Waals surface area contributed by atoms with Crippen LogP contribution in [0.2, 0.25) is 0 Å². The average molecular weight is 416 g/mol. The summed E-state index contributed by atoms with van der Waals surface area (Å²) < 4.78 is 15.0. The molecule has 1 aliphatic rings. The summed E-state index contributed by atoms with van der Waals surface area (Å²) in [6.45, 7) is 3.99. The Hall–Kier alpha value is -3.80. The van der Waals surface area contributed by atoms with E-state index in [-0.39, 0.29) is 11.5 Å². The number of carbonyl (C=O) groups excluding carboxylic acids is 2. The molecule has 31 heavy (non-hydrogen) atoms. The predicted octanol–water partition coefficient (Wildman–Crippen LogP) is 3.46. The van der Waals surface area contributed by atoms with Gasteiger partial charge in [0, 0.05) is 16.7 Å². The quantitative estimate of drug-likeness (QED) is 0.640. The summed E-state index contributed by atoms with van der Waals surface area (Å²) in [6, 6.07) is 19.7. The second-order valence-corrected chi connectivity index (χ2v) is 7.68. The van der Waals surface area contributed by atoms with E-state index in [0.29, 0.717) is 0 Å². The highest BCUT2D eigenvalue weighted by Gasteiger charge is 2.47. The van der Waals surface area contributed by atoms with Gasteiger partial charge in [-0.25, -0.2) is 4.39 Å². The summed E-state index contributed by atoms with van der Waals surface area (Å²) in [5, 5.41) is 2.82. The number of carbonyl (C=O) groups is 2. The van der Waals surface area contributed by atoms with Gasteiger partial charge in [0.25, 0.3) is 5.91 Å². The van der Waals surface area contributed by atoms with E-state index in [2.05, 4.69) is 10.7 Å². The fraction of sp³-hybridized carbons (Fsp3) is 0.160. The summed E-state index contributed by atoms with van der Waals surface area (Å²) in [6.07, 6.45) is 1.88. The summed E-state index contributed by atoms with van der Waals surface area (Å²) in [5.74, 6) is -1.17. The van der Waals surface area contributed by atoms with Crippen LogP contribution in [-0.4, -0.2) is 28.8 Å². The van der Waals surface area contributed by atoms with Gasteiger partial charge in [-0.2, -0.15) is 0 Å². The highest BCUT2D eigenvalue weighted by Crippen LogP contribution is 2.26. The van der Waals surface area contributed by atoms with Crippen molar-refractivity contribution in [2.75, 3.05) is 0 Å². The first-order valence-electron chi connectivity index (χ1n) is 10.0. The Balaban J connectivity index is 1.71. The molecule has 5 nitrogen and oxygen atoms in total. The molecule has 1 saturated heterocycles. The maximum Gasteiger partial charge on any atom is 0.304 e. The zero-order valence-corrected chi connectivity index (χ0v) is 17.3. The van der Waals surface area contributed by atoms with Gasteiger partial charge in [-0.1, -0.05) is 48.0 Å². The number of rotatable bonds is 4. The molecule has 4 rings (SSSR count). The number of halogens is 1. The van der Waals surface area contributed by atoms with Crippen LogP contribution in [0.3, 0.4) is 0 Å². The number of amides is 2. The summed E-state index contributed by atoms with van der Waals surface area (Å²) in [5.41, 5.74) is 7.18. The molecule has 0 aromatic heterocycles. The number of nitrogens with zero attached hydrogens (tertiary/aromatic N) is 1. The molecule has 0 unspecified atom stereocenters. The van der Waals surface area contributed by atoms with Gasteiger partial charge in [0.2, 0.25) is 12.3 Å². The number of hydrazone groups is 1. The molecule has 0 aliphatic carbocycles. The Labute approximate surface area is 180 Å². The first-order valence-corrected chi connectivity index (χ1v) is 10.0. The van der Waals surface area contributed by atoms with Crippen molar-refractivity contribution in [3.8, 4) is 0 Å². The molecule has 2 atom stereocenters. The molecule has 0 spiro atoms. The van der Waals surface area contributed by atoms with Crippen molar-refractivity contribution in [2.24, 2.45) is 0 Å². The maximum atomic E-state index is 13.2. The summed E-state index contributed by atoms with van der Waals surface area (Å²) >= 11 is 0. The molecule has 0 radical (unpaired) electrons. The van der Waals surface area contributed by atoms with Gasteiger partial charge in [0.15, 0.2) is 6.04 Å². The Morgan fingerprint density at radius 3 is 2.35 bits per heavy atom. The topological polar surface area (TPSA) is 61.2 Å². The van der Waals surface area contributed by atoms with E-state index in [9.17, 15) is 14.0 Å². The normalized spacial score (nSPS) is 19.3. The van der Waals surface area contributed by atoms with E-state index in [1.165, 1.54) is 24.3 Å². The Kier molecular flexibility index (Phi) is 5.62. The van der Waals surface area contributed by atoms with Crippen LogP contribution in [0.15, 0.2) is 72.8 Å². The minimum Gasteiger partial charge on any atom is -0.334 e. The van der Waals surface area contributed by atoms with Crippen molar-refractivity contribution < 1.29 is 18.7 Å². The van der Waals surface area contributed by atoms with Gasteiger partial charge in [-0.05, 0) is 49.7 Å². The Morgan fingerprint density at radius 1 is 1.00 bits per heavy atom. The number of nitrogens with one attached hydrogen (secondary N) is 2. The standard InChI is InChI=1S/C25H22FN3O2/c1-16-7-9-18(10-8-16)23-22(27-24(30)19-11-13-21(26)14-12-19)25(31)28-29(23)15-20-6-4-3-5-17(20)2/h3-15,22-23H,1-2H3,(H-,27,28,30,31)/p+1/b29-15-/t22-,23+/m1/s1. The van der Waals surface area contributed by atoms with Crippen LogP contribution in [-0.2, 0) is 4.79 Å². The highest BCUT2D eigenvalue weighted by atomic mass is 19.1. The van der Waals surface area contributed by atoms with Gasteiger partial charge in [-0.15, -0.1) is 10.1 Å². The van der Waals surface area contributed by atoms with Crippen molar-refractivity contribution in [3.63, 3.8) is 0 Å². The van der Waals surface area contributed by atoms with Crippen LogP contribution >= 0.6 is 0 Å². The van der Waals surface area contributed by atoms with Gasteiger partial charge in [0.05, 0.1) is 0 Å². The monoisotopic (exact) mass is 416 g/mol. The van der Waals surface area contributed by atoms with Crippen LogP contribution in [0.5, 0.6) is 0 Å². The molecule has 1 fully saturated rings. The highest BCUT2D eigenvalue weighted by molar-refractivity contribution is 5.98. The van der Waals surface area contributed by atoms with Crippen LogP contribution in [0.25, 0.3) is 0 Å². The second-order valence-electron chi connectivity index (χ2n) is 7.68. The number of hydrogen-bond donors (Lipinski definition) is 2. The lowest BCUT2D eigenvalue weighted by atomic mass is 9.98. The number of hydrogen-bond acceptors (Lipinski definition) is 2. The molecule has 156 valence electrons. The molecule has 0 saturated carbocycles. The van der Waals surface area contributed by atoms with Crippen LogP contribution in [0.1, 0.15) is 38.7 Å². The lowest BCUT2D eigenvalue weighted by molar-refractivity contribution is -0.596. The van der Waals surface area contributed by atoms with Crippen molar-refractivity contribution in [3.05, 3.63) is 106 Å². The Morgan fingerprint density at radius 2 is 1.68 bits per heavy atom. The van der Waals surface area contributed by atoms with Crippen LogP contribution < -0.4 is 10.7 Å². The molecular weight excluding hydrogens is 393 g/mol. The van der Waals surface area contributed by atoms with Gasteiger partial charge >= 0.3 is 5.91 Å². The molecule has 3 aromatic carbocycles. The van der Waals surface area contributed by atoms with E-state index < -0.39 is 23.8 Å². The summed E-state index contributed by atoms with van der Waals surface area (Å²) in [7, 11) is 0. The molecule has 2 amide bonds. The zero-order valence-electron chi connectivity index (χ0n) is 17.3. The first-order chi connectivity index (χ1) is 14.9. The fourth-order valence-corrected chi connectivity index (χ4v) is 3.65. The van der Waals surface area contributed by atoms with Crippen LogP contribution in [0, 0.1) is 19.7 Å². The zero-order chi connectivity index (χ0) is 22.0. The third-order valence-electron chi connectivity index (χ3n) is 5.42. The van der Waals surface area contributed by atoms with Crippen LogP contribution in [0.4, 0.5) is 4.39 Å². The molecule has 2 N–H and O–H groups in total. The van der Waals surface area contributed by atoms with Gasteiger partial charge in [-0.3, -0.25) is 9.59 Å². The third kappa shape index (κ3) is 4.38. The molecule has 3 aromatic rings. The predicted molar refractivity (Wildman–Crippen MR) is 116 cm³/mol. The third-order valence-corrected chi connectivity index (χ3v) is 5.42. The minimum absolute atomic E-state index is 0.290. The number of aryl methyl sites for hydroxylation is 2. The number of benzene rings is 3. The SMILES string of the molecule is Cc1ccc([C@H]2[C@@H](NC(=O)c3ccc(F)cc3)C(=O)N/[N+]2=C\c2ccccc2C)cc1. The van der Waals surface area contributed by atoms with Gasteiger partial charge in [0.1, 0.15) is 5.82 Å². The van der Waals surface area contributed by atoms with E-state index in [0.717, 1.165) is 22.3 Å². The van der Waals surface area contributed by atoms with Crippen molar-refractivity contribution in [1.29, 1.82) is 0 Å². The maximum absolute atomic E-state index is 13.2. The first kappa shape index (κ1) is 20.5. The summed E-state index contributed by atoms with van der Waals surface area (Å²) in [4.78, 5) is 25.6.